The first-order chi connectivity index (χ1) is 10.1. The van der Waals surface area contributed by atoms with Crippen LogP contribution in [0, 0.1) is 5.92 Å². The van der Waals surface area contributed by atoms with Crippen molar-refractivity contribution < 1.29 is 4.79 Å². The van der Waals surface area contributed by atoms with Crippen LogP contribution >= 0.6 is 11.3 Å². The maximum Gasteiger partial charge on any atom is 0.178 e. The third-order valence-electron chi connectivity index (χ3n) is 4.26. The van der Waals surface area contributed by atoms with Gasteiger partial charge in [0.05, 0.1) is 15.6 Å². The van der Waals surface area contributed by atoms with Gasteiger partial charge in [0.2, 0.25) is 0 Å². The van der Waals surface area contributed by atoms with Gasteiger partial charge in [0.1, 0.15) is 0 Å². The zero-order valence-corrected chi connectivity index (χ0v) is 13.4. The third kappa shape index (κ3) is 3.75. The standard InChI is InChI=1S/C15H24N4OS/c1-18-6-8-19(9-7-18)5-4-17-13-10-12(16)15(21-13)14(20)11-2-3-11/h10-11,17H,2-9,16H2,1H3. The number of rotatable bonds is 6. The minimum Gasteiger partial charge on any atom is -0.397 e. The normalized spacial score (nSPS) is 20.6. The van der Waals surface area contributed by atoms with Gasteiger partial charge in [-0.2, -0.15) is 0 Å². The van der Waals surface area contributed by atoms with E-state index in [1.54, 1.807) is 0 Å². The van der Waals surface area contributed by atoms with Crippen LogP contribution in [0.3, 0.4) is 0 Å². The number of piperazine rings is 1. The van der Waals surface area contributed by atoms with Gasteiger partial charge in [-0.15, -0.1) is 11.3 Å². The second kappa shape index (κ2) is 6.34. The number of nitrogens with two attached hydrogens (primary N) is 1. The Balaban J connectivity index is 1.47. The fourth-order valence-corrected chi connectivity index (χ4v) is 3.65. The molecule has 1 aromatic heterocycles. The summed E-state index contributed by atoms with van der Waals surface area (Å²) in [6.07, 6.45) is 2.06. The topological polar surface area (TPSA) is 61.6 Å². The number of anilines is 2. The van der Waals surface area contributed by atoms with Crippen LogP contribution < -0.4 is 11.1 Å². The summed E-state index contributed by atoms with van der Waals surface area (Å²) >= 11 is 1.51. The van der Waals surface area contributed by atoms with Crippen LogP contribution in [0.5, 0.6) is 0 Å². The van der Waals surface area contributed by atoms with E-state index in [0.717, 1.165) is 62.0 Å². The summed E-state index contributed by atoms with van der Waals surface area (Å²) in [6.45, 7) is 6.50. The van der Waals surface area contributed by atoms with Crippen molar-refractivity contribution in [1.29, 1.82) is 0 Å². The summed E-state index contributed by atoms with van der Waals surface area (Å²) < 4.78 is 0. The predicted octanol–water partition coefficient (Wildman–Crippen LogP) is 1.58. The van der Waals surface area contributed by atoms with Crippen molar-refractivity contribution in [3.8, 4) is 0 Å². The third-order valence-corrected chi connectivity index (χ3v) is 5.38. The van der Waals surface area contributed by atoms with Crippen molar-refractivity contribution in [2.45, 2.75) is 12.8 Å². The van der Waals surface area contributed by atoms with Gasteiger partial charge < -0.3 is 16.0 Å². The van der Waals surface area contributed by atoms with Crippen molar-refractivity contribution in [2.75, 3.05) is 57.4 Å². The molecule has 1 saturated heterocycles. The van der Waals surface area contributed by atoms with Crippen LogP contribution in [0.1, 0.15) is 22.5 Å². The number of hydrogen-bond acceptors (Lipinski definition) is 6. The molecule has 5 nitrogen and oxygen atoms in total. The molecule has 1 aliphatic heterocycles. The summed E-state index contributed by atoms with van der Waals surface area (Å²) in [6, 6.07) is 1.91. The average molecular weight is 308 g/mol. The lowest BCUT2D eigenvalue weighted by Crippen LogP contribution is -2.45. The predicted molar refractivity (Wildman–Crippen MR) is 88.2 cm³/mol. The van der Waals surface area contributed by atoms with Crippen LogP contribution in [0.25, 0.3) is 0 Å². The monoisotopic (exact) mass is 308 g/mol. The number of Topliss-reactive ketones (excluding diaryl/α,β-unsaturated/α-hetero) is 1. The number of nitrogens with zero attached hydrogens (tertiary/aromatic N) is 2. The fraction of sp³-hybridized carbons (Fsp3) is 0.667. The van der Waals surface area contributed by atoms with Crippen molar-refractivity contribution >= 4 is 27.8 Å². The minimum atomic E-state index is 0.240. The first-order valence-corrected chi connectivity index (χ1v) is 8.53. The van der Waals surface area contributed by atoms with Crippen LogP contribution in [0.15, 0.2) is 6.07 Å². The zero-order chi connectivity index (χ0) is 14.8. The van der Waals surface area contributed by atoms with E-state index in [9.17, 15) is 4.79 Å². The fourth-order valence-electron chi connectivity index (χ4n) is 2.62. The molecule has 3 N–H and O–H groups in total. The first-order valence-electron chi connectivity index (χ1n) is 7.72. The van der Waals surface area contributed by atoms with Crippen LogP contribution in [-0.2, 0) is 0 Å². The van der Waals surface area contributed by atoms with E-state index in [4.69, 9.17) is 5.73 Å². The number of nitrogens with one attached hydrogen (secondary N) is 1. The van der Waals surface area contributed by atoms with E-state index in [1.165, 1.54) is 11.3 Å². The van der Waals surface area contributed by atoms with E-state index in [1.807, 2.05) is 6.07 Å². The lowest BCUT2D eigenvalue weighted by molar-refractivity contribution is 0.0972. The van der Waals surface area contributed by atoms with Gasteiger partial charge in [-0.1, -0.05) is 0 Å². The maximum atomic E-state index is 12.1. The molecular formula is C15H24N4OS. The van der Waals surface area contributed by atoms with Crippen molar-refractivity contribution in [2.24, 2.45) is 5.92 Å². The van der Waals surface area contributed by atoms with Crippen molar-refractivity contribution in [3.05, 3.63) is 10.9 Å². The van der Waals surface area contributed by atoms with E-state index in [2.05, 4.69) is 22.2 Å². The Labute approximate surface area is 130 Å². The molecule has 0 radical (unpaired) electrons. The Kier molecular flexibility index (Phi) is 4.47. The number of likely N-dealkylation sites (N-methyl/N-ethyl adjacent to an activating group) is 1. The molecule has 0 unspecified atom stereocenters. The largest absolute Gasteiger partial charge is 0.397 e. The molecule has 116 valence electrons. The second-order valence-corrected chi connectivity index (χ2v) is 7.16. The molecule has 0 bridgehead atoms. The number of hydrogen-bond donors (Lipinski definition) is 2. The average Bonchev–Trinajstić information content (AvgIpc) is 3.25. The Morgan fingerprint density at radius 1 is 1.38 bits per heavy atom. The molecular weight excluding hydrogens is 284 g/mol. The first kappa shape index (κ1) is 14.8. The molecule has 0 amide bonds. The van der Waals surface area contributed by atoms with Gasteiger partial charge in [-0.25, -0.2) is 0 Å². The Morgan fingerprint density at radius 3 is 2.76 bits per heavy atom. The zero-order valence-electron chi connectivity index (χ0n) is 12.6. The highest BCUT2D eigenvalue weighted by molar-refractivity contribution is 7.18. The van der Waals surface area contributed by atoms with E-state index in [-0.39, 0.29) is 11.7 Å². The summed E-state index contributed by atoms with van der Waals surface area (Å²) in [5.74, 6) is 0.480. The smallest absolute Gasteiger partial charge is 0.178 e. The Hall–Kier alpha value is -1.11. The van der Waals surface area contributed by atoms with Crippen LogP contribution in [-0.4, -0.2) is 61.9 Å². The molecule has 1 aliphatic carbocycles. The molecule has 2 heterocycles. The number of nitrogen functional groups attached to an aromatic ring is 1. The van der Waals surface area contributed by atoms with E-state index in [0.29, 0.717) is 5.69 Å². The summed E-state index contributed by atoms with van der Waals surface area (Å²) in [5, 5.41) is 4.43. The van der Waals surface area contributed by atoms with Gasteiger partial charge >= 0.3 is 0 Å². The lowest BCUT2D eigenvalue weighted by Gasteiger charge is -2.32. The minimum absolute atomic E-state index is 0.240. The van der Waals surface area contributed by atoms with Gasteiger partial charge in [0.25, 0.3) is 0 Å². The van der Waals surface area contributed by atoms with Crippen molar-refractivity contribution in [1.82, 2.24) is 9.80 Å². The van der Waals surface area contributed by atoms with Gasteiger partial charge in [-0.3, -0.25) is 9.69 Å². The Morgan fingerprint density at radius 2 is 2.10 bits per heavy atom. The number of carbonyl (C=O) groups is 1. The molecule has 2 fully saturated rings. The molecule has 1 saturated carbocycles. The molecule has 1 aromatic rings. The maximum absolute atomic E-state index is 12.1. The van der Waals surface area contributed by atoms with Crippen LogP contribution in [0.2, 0.25) is 0 Å². The molecule has 0 atom stereocenters. The molecule has 0 spiro atoms. The van der Waals surface area contributed by atoms with Gasteiger partial charge in [-0.05, 0) is 26.0 Å². The SMILES string of the molecule is CN1CCN(CCNc2cc(N)c(C(=O)C3CC3)s2)CC1. The summed E-state index contributed by atoms with van der Waals surface area (Å²) in [4.78, 5) is 17.7. The van der Waals surface area contributed by atoms with E-state index >= 15 is 0 Å². The highest BCUT2D eigenvalue weighted by atomic mass is 32.1. The van der Waals surface area contributed by atoms with Gasteiger partial charge in [0.15, 0.2) is 5.78 Å². The molecule has 0 aromatic carbocycles. The van der Waals surface area contributed by atoms with Gasteiger partial charge in [0, 0.05) is 45.2 Å². The summed E-state index contributed by atoms with van der Waals surface area (Å²) in [5.41, 5.74) is 6.61. The molecule has 21 heavy (non-hydrogen) atoms. The number of thiophene rings is 1. The quantitative estimate of drug-likeness (QED) is 0.781. The molecule has 2 aliphatic rings. The Bertz CT molecular complexity index is 504. The molecule has 3 rings (SSSR count). The summed E-state index contributed by atoms with van der Waals surface area (Å²) in [7, 11) is 2.17. The van der Waals surface area contributed by atoms with Crippen LogP contribution in [0.4, 0.5) is 10.7 Å². The van der Waals surface area contributed by atoms with E-state index < -0.39 is 0 Å². The number of ketones is 1. The highest BCUT2D eigenvalue weighted by Gasteiger charge is 2.32. The second-order valence-electron chi connectivity index (χ2n) is 6.11. The highest BCUT2D eigenvalue weighted by Crippen LogP contribution is 2.38. The van der Waals surface area contributed by atoms with Crippen molar-refractivity contribution in [3.63, 3.8) is 0 Å². The molecule has 6 heteroatoms. The lowest BCUT2D eigenvalue weighted by atomic mass is 10.2. The number of carbonyl (C=O) groups excluding carboxylic acids is 1.